The Morgan fingerprint density at radius 1 is 1.10 bits per heavy atom. The standard InChI is InChI=1S/C28H35N3O9/c1-28(2,3)23-24(32)31-13-17(11-20(31)25(33)34)40-27(36)30-12-16-10-21-22(39-15-38-21)18(19(16)14-30)8-6-4-5-7-9-37-26(35)29-23/h6,8,10,17,20,23H,4-5,7,9,11-15H2,1-3H3,(H,29,35)(H,33,34)/b8-6-/t17-,20?,23-/m1/s1. The third-order valence-electron chi connectivity index (χ3n) is 7.63. The number of benzene rings is 1. The van der Waals surface area contributed by atoms with Gasteiger partial charge in [-0.15, -0.1) is 0 Å². The van der Waals surface area contributed by atoms with E-state index in [0.717, 1.165) is 29.5 Å². The maximum absolute atomic E-state index is 13.6. The van der Waals surface area contributed by atoms with E-state index in [4.69, 9.17) is 18.9 Å². The molecule has 216 valence electrons. The molecule has 2 N–H and O–H groups in total. The monoisotopic (exact) mass is 557 g/mol. The van der Waals surface area contributed by atoms with Gasteiger partial charge in [0, 0.05) is 18.5 Å². The summed E-state index contributed by atoms with van der Waals surface area (Å²) >= 11 is 0. The molecule has 0 aromatic heterocycles. The summed E-state index contributed by atoms with van der Waals surface area (Å²) in [5, 5.41) is 12.5. The summed E-state index contributed by atoms with van der Waals surface area (Å²) in [4.78, 5) is 54.3. The van der Waals surface area contributed by atoms with Crippen LogP contribution in [0.4, 0.5) is 9.59 Å². The fourth-order valence-corrected chi connectivity index (χ4v) is 5.53. The summed E-state index contributed by atoms with van der Waals surface area (Å²) in [6.07, 6.45) is 3.87. The molecule has 1 saturated heterocycles. The number of nitrogens with zero attached hydrogens (tertiary/aromatic N) is 2. The third-order valence-corrected chi connectivity index (χ3v) is 7.63. The molecule has 12 nitrogen and oxygen atoms in total. The number of alkyl carbamates (subject to hydrolysis) is 1. The molecule has 3 atom stereocenters. The lowest BCUT2D eigenvalue weighted by Crippen LogP contribution is -2.57. The van der Waals surface area contributed by atoms with E-state index >= 15 is 0 Å². The van der Waals surface area contributed by atoms with E-state index in [9.17, 15) is 24.3 Å². The van der Waals surface area contributed by atoms with Crippen molar-refractivity contribution in [3.63, 3.8) is 0 Å². The van der Waals surface area contributed by atoms with E-state index in [0.29, 0.717) is 31.0 Å². The van der Waals surface area contributed by atoms with Crippen LogP contribution in [0.5, 0.6) is 11.5 Å². The molecule has 12 heteroatoms. The lowest BCUT2D eigenvalue weighted by Gasteiger charge is -2.34. The Morgan fingerprint density at radius 2 is 1.90 bits per heavy atom. The summed E-state index contributed by atoms with van der Waals surface area (Å²) < 4.78 is 22.4. The van der Waals surface area contributed by atoms with Crippen molar-refractivity contribution in [2.75, 3.05) is 19.9 Å². The Bertz CT molecular complexity index is 1240. The largest absolute Gasteiger partial charge is 0.480 e. The number of rotatable bonds is 1. The number of carboxylic acid groups (broad SMARTS) is 1. The molecule has 40 heavy (non-hydrogen) atoms. The van der Waals surface area contributed by atoms with Gasteiger partial charge in [-0.2, -0.15) is 0 Å². The second-order valence-corrected chi connectivity index (χ2v) is 11.6. The van der Waals surface area contributed by atoms with Gasteiger partial charge in [-0.05, 0) is 41.9 Å². The maximum Gasteiger partial charge on any atom is 0.410 e. The Morgan fingerprint density at radius 3 is 2.65 bits per heavy atom. The Kier molecular flexibility index (Phi) is 7.52. The minimum atomic E-state index is -1.21. The molecular weight excluding hydrogens is 522 g/mol. The Labute approximate surface area is 232 Å². The zero-order valence-electron chi connectivity index (χ0n) is 22.9. The van der Waals surface area contributed by atoms with Crippen molar-refractivity contribution in [3.05, 3.63) is 28.8 Å². The van der Waals surface area contributed by atoms with Gasteiger partial charge < -0.3 is 34.3 Å². The average Bonchev–Trinajstić information content (AvgIpc) is 3.62. The van der Waals surface area contributed by atoms with E-state index in [2.05, 4.69) is 5.32 Å². The first-order valence-corrected chi connectivity index (χ1v) is 13.6. The summed E-state index contributed by atoms with van der Waals surface area (Å²) in [5.74, 6) is -0.521. The van der Waals surface area contributed by atoms with E-state index < -0.39 is 47.7 Å². The number of carbonyl (C=O) groups excluding carboxylic acids is 3. The van der Waals surface area contributed by atoms with Gasteiger partial charge in [0.2, 0.25) is 12.7 Å². The molecule has 0 saturated carbocycles. The smallest absolute Gasteiger partial charge is 0.410 e. The van der Waals surface area contributed by atoms with E-state index in [1.54, 1.807) is 25.7 Å². The predicted molar refractivity (Wildman–Crippen MR) is 140 cm³/mol. The second-order valence-electron chi connectivity index (χ2n) is 11.6. The van der Waals surface area contributed by atoms with Gasteiger partial charge >= 0.3 is 18.2 Å². The highest BCUT2D eigenvalue weighted by Crippen LogP contribution is 2.43. The highest BCUT2D eigenvalue weighted by molar-refractivity contribution is 5.90. The second kappa shape index (κ2) is 10.9. The number of nitrogens with one attached hydrogen (secondary N) is 1. The number of hydrogen-bond acceptors (Lipinski definition) is 8. The highest BCUT2D eigenvalue weighted by atomic mass is 16.7. The topological polar surface area (TPSA) is 144 Å². The van der Waals surface area contributed by atoms with Crippen LogP contribution in [0.25, 0.3) is 6.08 Å². The summed E-state index contributed by atoms with van der Waals surface area (Å²) in [7, 11) is 0. The fourth-order valence-electron chi connectivity index (χ4n) is 5.53. The SMILES string of the molecule is CC(C)(C)[C@@H]1NC(=O)OCCCC/C=C\c2c3c(cc4c2OCO4)CN(C3)C(=O)O[C@@H]2CC(C(=O)O)N(C2)C1=O. The average molecular weight is 558 g/mol. The van der Waals surface area contributed by atoms with Crippen LogP contribution in [0, 0.1) is 5.41 Å². The zero-order valence-corrected chi connectivity index (χ0v) is 22.9. The van der Waals surface area contributed by atoms with Crippen molar-refractivity contribution in [1.29, 1.82) is 0 Å². The minimum absolute atomic E-state index is 0.0567. The Hall–Kier alpha value is -3.96. The minimum Gasteiger partial charge on any atom is -0.480 e. The third kappa shape index (κ3) is 5.52. The normalized spacial score (nSPS) is 26.2. The molecule has 4 heterocycles. The van der Waals surface area contributed by atoms with Crippen molar-refractivity contribution < 1.29 is 43.2 Å². The van der Waals surface area contributed by atoms with Crippen molar-refractivity contribution in [3.8, 4) is 11.5 Å². The van der Waals surface area contributed by atoms with Crippen LogP contribution >= 0.6 is 0 Å². The molecule has 5 rings (SSSR count). The summed E-state index contributed by atoms with van der Waals surface area (Å²) in [6.45, 7) is 6.12. The molecule has 0 radical (unpaired) electrons. The predicted octanol–water partition coefficient (Wildman–Crippen LogP) is 3.26. The van der Waals surface area contributed by atoms with Crippen molar-refractivity contribution in [1.82, 2.24) is 15.1 Å². The Balaban J connectivity index is 1.42. The molecule has 1 fully saturated rings. The highest BCUT2D eigenvalue weighted by Gasteiger charge is 2.47. The number of fused-ring (bicyclic) bond motifs is 5. The van der Waals surface area contributed by atoms with Crippen molar-refractivity contribution in [2.45, 2.75) is 77.7 Å². The van der Waals surface area contributed by atoms with Crippen LogP contribution in [0.1, 0.15) is 63.1 Å². The van der Waals surface area contributed by atoms with Gasteiger partial charge in [0.1, 0.15) is 18.2 Å². The molecule has 1 unspecified atom stereocenters. The number of carboxylic acids is 1. The fraction of sp³-hybridized carbons (Fsp3) is 0.571. The van der Waals surface area contributed by atoms with E-state index in [1.807, 2.05) is 18.2 Å². The number of aliphatic carboxylic acids is 1. The molecule has 4 aliphatic rings. The van der Waals surface area contributed by atoms with Gasteiger partial charge in [0.25, 0.3) is 0 Å². The molecule has 0 spiro atoms. The van der Waals surface area contributed by atoms with E-state index in [1.165, 1.54) is 4.90 Å². The number of hydrogen-bond donors (Lipinski definition) is 2. The number of ether oxygens (including phenoxy) is 4. The van der Waals surface area contributed by atoms with Gasteiger partial charge in [-0.3, -0.25) is 9.69 Å². The molecule has 3 amide bonds. The summed E-state index contributed by atoms with van der Waals surface area (Å²) in [5.41, 5.74) is 1.97. The maximum atomic E-state index is 13.6. The van der Waals surface area contributed by atoms with Gasteiger partial charge in [-0.25, -0.2) is 14.4 Å². The first kappa shape index (κ1) is 27.6. The number of allylic oxidation sites excluding steroid dienone is 1. The van der Waals surface area contributed by atoms with Crippen molar-refractivity contribution in [2.24, 2.45) is 5.41 Å². The number of cyclic esters (lactones) is 1. The van der Waals surface area contributed by atoms with Crippen LogP contribution < -0.4 is 14.8 Å². The molecule has 1 aromatic rings. The molecule has 0 aliphatic carbocycles. The molecule has 1 aromatic carbocycles. The van der Waals surface area contributed by atoms with Gasteiger partial charge in [0.15, 0.2) is 11.5 Å². The first-order valence-electron chi connectivity index (χ1n) is 13.6. The van der Waals surface area contributed by atoms with E-state index in [-0.39, 0.29) is 26.4 Å². The lowest BCUT2D eigenvalue weighted by atomic mass is 9.85. The number of amides is 3. The van der Waals surface area contributed by atoms with Crippen LogP contribution in [0.15, 0.2) is 12.1 Å². The van der Waals surface area contributed by atoms with Gasteiger partial charge in [0.05, 0.1) is 19.7 Å². The van der Waals surface area contributed by atoms with Crippen LogP contribution in [0.2, 0.25) is 0 Å². The molecular formula is C28H35N3O9. The van der Waals surface area contributed by atoms with Crippen molar-refractivity contribution >= 4 is 30.1 Å². The van der Waals surface area contributed by atoms with Crippen LogP contribution in [-0.4, -0.2) is 77.1 Å². The number of carbonyl (C=O) groups is 4. The summed E-state index contributed by atoms with van der Waals surface area (Å²) in [6, 6.07) is -0.364. The first-order chi connectivity index (χ1) is 19.0. The quantitative estimate of drug-likeness (QED) is 0.532. The van der Waals surface area contributed by atoms with Crippen LogP contribution in [0.3, 0.4) is 0 Å². The molecule has 4 bridgehead atoms. The zero-order chi connectivity index (χ0) is 28.6. The molecule has 4 aliphatic heterocycles. The van der Waals surface area contributed by atoms with Crippen LogP contribution in [-0.2, 0) is 32.2 Å². The lowest BCUT2D eigenvalue weighted by molar-refractivity contribution is -0.150. The van der Waals surface area contributed by atoms with Gasteiger partial charge in [-0.1, -0.05) is 32.9 Å².